The second-order valence-corrected chi connectivity index (χ2v) is 9.80. The van der Waals surface area contributed by atoms with Crippen molar-refractivity contribution in [2.45, 2.75) is 63.5 Å². The van der Waals surface area contributed by atoms with Gasteiger partial charge >= 0.3 is 0 Å². The predicted octanol–water partition coefficient (Wildman–Crippen LogP) is 4.49. The summed E-state index contributed by atoms with van der Waals surface area (Å²) in [6, 6.07) is 13.9. The van der Waals surface area contributed by atoms with Gasteiger partial charge in [0.05, 0.1) is 0 Å². The lowest BCUT2D eigenvalue weighted by Crippen LogP contribution is -2.50. The summed E-state index contributed by atoms with van der Waals surface area (Å²) in [5, 5.41) is 21.6. The van der Waals surface area contributed by atoms with Crippen molar-refractivity contribution in [3.05, 3.63) is 64.7 Å². The summed E-state index contributed by atoms with van der Waals surface area (Å²) in [5.41, 5.74) is 9.37. The first kappa shape index (κ1) is 19.7. The number of rotatable bonds is 1. The van der Waals surface area contributed by atoms with Crippen molar-refractivity contribution in [1.82, 2.24) is 0 Å². The topological polar surface area (TPSA) is 66.5 Å². The maximum Gasteiger partial charge on any atom is 0.131 e. The molecule has 2 aromatic carbocycles. The first-order valence-electron chi connectivity index (χ1n) is 11.3. The molecule has 0 aliphatic heterocycles. The van der Waals surface area contributed by atoms with E-state index in [9.17, 15) is 10.2 Å². The molecule has 2 aromatic rings. The van der Waals surface area contributed by atoms with Crippen LogP contribution in [-0.4, -0.2) is 15.8 Å². The van der Waals surface area contributed by atoms with Crippen LogP contribution in [0.5, 0.6) is 5.75 Å². The van der Waals surface area contributed by atoms with Gasteiger partial charge in [0.25, 0.3) is 0 Å². The predicted molar refractivity (Wildman–Crippen MR) is 119 cm³/mol. The molecule has 30 heavy (non-hydrogen) atoms. The summed E-state index contributed by atoms with van der Waals surface area (Å²) in [5.74, 6) is 8.59. The summed E-state index contributed by atoms with van der Waals surface area (Å²) in [6.45, 7) is 2.81. The molecule has 0 spiro atoms. The lowest BCUT2D eigenvalue weighted by molar-refractivity contribution is -0.0647. The number of fused-ring (bicyclic) bond motifs is 5. The van der Waals surface area contributed by atoms with E-state index >= 15 is 0 Å². The van der Waals surface area contributed by atoms with Gasteiger partial charge < -0.3 is 15.9 Å². The fraction of sp³-hybridized carbons (Fsp3) is 0.481. The average molecular weight is 402 g/mol. The van der Waals surface area contributed by atoms with Crippen LogP contribution in [0.2, 0.25) is 0 Å². The minimum Gasteiger partial charge on any atom is -0.508 e. The van der Waals surface area contributed by atoms with E-state index in [2.05, 4.69) is 24.8 Å². The Hall–Kier alpha value is -2.28. The highest BCUT2D eigenvalue weighted by Crippen LogP contribution is 2.64. The monoisotopic (exact) mass is 401 g/mol. The van der Waals surface area contributed by atoms with E-state index in [1.807, 2.05) is 36.4 Å². The molecule has 0 radical (unpaired) electrons. The van der Waals surface area contributed by atoms with Crippen molar-refractivity contribution in [3.63, 3.8) is 0 Å². The van der Waals surface area contributed by atoms with Crippen LogP contribution in [0.25, 0.3) is 0 Å². The Bertz CT molecular complexity index is 1020. The zero-order valence-electron chi connectivity index (χ0n) is 17.7. The van der Waals surface area contributed by atoms with Gasteiger partial charge in [-0.1, -0.05) is 37.0 Å². The molecule has 3 aliphatic carbocycles. The fourth-order valence-electron chi connectivity index (χ4n) is 6.69. The number of aryl methyl sites for hydroxylation is 1. The number of aromatic hydroxyl groups is 1. The number of hydrogen-bond donors (Lipinski definition) is 3. The molecule has 0 aromatic heterocycles. The van der Waals surface area contributed by atoms with Crippen LogP contribution in [0.1, 0.15) is 67.2 Å². The largest absolute Gasteiger partial charge is 0.508 e. The molecule has 2 saturated carbocycles. The molecule has 3 unspecified atom stereocenters. The third-order valence-corrected chi connectivity index (χ3v) is 8.46. The van der Waals surface area contributed by atoms with Crippen molar-refractivity contribution in [2.24, 2.45) is 23.0 Å². The molecule has 2 fully saturated rings. The van der Waals surface area contributed by atoms with Crippen molar-refractivity contribution in [2.75, 3.05) is 0 Å². The van der Waals surface area contributed by atoms with E-state index in [1.165, 1.54) is 11.1 Å². The summed E-state index contributed by atoms with van der Waals surface area (Å²) in [7, 11) is 0. The summed E-state index contributed by atoms with van der Waals surface area (Å²) in [6.07, 6.45) is 6.05. The summed E-state index contributed by atoms with van der Waals surface area (Å²) in [4.78, 5) is 0. The minimum atomic E-state index is -0.926. The summed E-state index contributed by atoms with van der Waals surface area (Å²) >= 11 is 0. The zero-order valence-corrected chi connectivity index (χ0v) is 17.7. The Morgan fingerprint density at radius 1 is 1.07 bits per heavy atom. The highest BCUT2D eigenvalue weighted by atomic mass is 16.3. The van der Waals surface area contributed by atoms with E-state index in [-0.39, 0.29) is 5.41 Å². The second kappa shape index (κ2) is 7.15. The SMILES string of the molecule is C[C@]12CCC3c4ccc(O)cc4CCC3C1CC[C@@]2(O)C#Cc1ccc(CN)cc1. The molecule has 3 aliphatic rings. The molecule has 3 heteroatoms. The maximum atomic E-state index is 11.7. The lowest BCUT2D eigenvalue weighted by atomic mass is 9.53. The third-order valence-electron chi connectivity index (χ3n) is 8.46. The first-order valence-corrected chi connectivity index (χ1v) is 11.3. The molecule has 4 N–H and O–H groups in total. The van der Waals surface area contributed by atoms with Gasteiger partial charge in [-0.15, -0.1) is 0 Å². The van der Waals surface area contributed by atoms with Gasteiger partial charge in [0.2, 0.25) is 0 Å². The number of benzene rings is 2. The molecular formula is C27H31NO2. The molecule has 0 amide bonds. The van der Waals surface area contributed by atoms with E-state index in [0.29, 0.717) is 30.0 Å². The van der Waals surface area contributed by atoms with Crippen LogP contribution in [0.3, 0.4) is 0 Å². The number of aliphatic hydroxyl groups is 1. The highest BCUT2D eigenvalue weighted by molar-refractivity contribution is 5.42. The quantitative estimate of drug-likeness (QED) is 0.617. The lowest BCUT2D eigenvalue weighted by Gasteiger charge is -2.52. The number of nitrogens with two attached hydrogens (primary N) is 1. The third kappa shape index (κ3) is 2.97. The van der Waals surface area contributed by atoms with Gasteiger partial charge in [-0.25, -0.2) is 0 Å². The highest BCUT2D eigenvalue weighted by Gasteiger charge is 2.61. The van der Waals surface area contributed by atoms with Gasteiger partial charge in [0.15, 0.2) is 0 Å². The summed E-state index contributed by atoms with van der Waals surface area (Å²) < 4.78 is 0. The Morgan fingerprint density at radius 3 is 2.63 bits per heavy atom. The van der Waals surface area contributed by atoms with E-state index in [0.717, 1.165) is 49.7 Å². The second-order valence-electron chi connectivity index (χ2n) is 9.80. The van der Waals surface area contributed by atoms with Crippen LogP contribution in [0.4, 0.5) is 0 Å². The first-order chi connectivity index (χ1) is 14.4. The van der Waals surface area contributed by atoms with Crippen molar-refractivity contribution in [1.29, 1.82) is 0 Å². The average Bonchev–Trinajstić information content (AvgIpc) is 3.03. The maximum absolute atomic E-state index is 11.7. The van der Waals surface area contributed by atoms with Crippen LogP contribution in [0.15, 0.2) is 42.5 Å². The van der Waals surface area contributed by atoms with Gasteiger partial charge in [-0.3, -0.25) is 0 Å². The molecule has 0 bridgehead atoms. The molecule has 5 atom stereocenters. The van der Waals surface area contributed by atoms with E-state index in [1.54, 1.807) is 0 Å². The molecule has 0 heterocycles. The van der Waals surface area contributed by atoms with Crippen LogP contribution in [0, 0.1) is 29.1 Å². The standard InChI is InChI=1S/C27H31NO2/c1-26-13-11-23-22-9-7-21(29)16-20(22)6-8-24(23)25(26)12-15-27(26,30)14-10-18-2-4-19(17-28)5-3-18/h2-5,7,9,16,23-25,29-30H,6,8,11-13,15,17,28H2,1H3/t23?,24?,25?,26-,27-/m0/s1. The Kier molecular flexibility index (Phi) is 4.69. The van der Waals surface area contributed by atoms with Gasteiger partial charge in [-0.05, 0) is 97.2 Å². The van der Waals surface area contributed by atoms with Gasteiger partial charge in [-0.2, -0.15) is 0 Å². The van der Waals surface area contributed by atoms with E-state index < -0.39 is 5.60 Å². The number of phenolic OH excluding ortho intramolecular Hbond substituents is 1. The molecule has 5 rings (SSSR count). The molecular weight excluding hydrogens is 370 g/mol. The van der Waals surface area contributed by atoms with Crippen LogP contribution >= 0.6 is 0 Å². The molecule has 3 nitrogen and oxygen atoms in total. The Labute approximate surface area is 179 Å². The normalized spacial score (nSPS) is 34.3. The van der Waals surface area contributed by atoms with E-state index in [4.69, 9.17) is 5.73 Å². The van der Waals surface area contributed by atoms with Crippen molar-refractivity contribution < 1.29 is 10.2 Å². The Morgan fingerprint density at radius 2 is 1.87 bits per heavy atom. The van der Waals surface area contributed by atoms with Gasteiger partial charge in [0, 0.05) is 17.5 Å². The zero-order chi connectivity index (χ0) is 20.9. The van der Waals surface area contributed by atoms with Crippen LogP contribution in [-0.2, 0) is 13.0 Å². The Balaban J connectivity index is 1.42. The van der Waals surface area contributed by atoms with Crippen LogP contribution < -0.4 is 5.73 Å². The smallest absolute Gasteiger partial charge is 0.131 e. The van der Waals surface area contributed by atoms with Crippen molar-refractivity contribution >= 4 is 0 Å². The molecule has 0 saturated heterocycles. The molecule has 156 valence electrons. The number of phenols is 1. The van der Waals surface area contributed by atoms with Crippen molar-refractivity contribution in [3.8, 4) is 17.6 Å². The minimum absolute atomic E-state index is 0.160. The van der Waals surface area contributed by atoms with Gasteiger partial charge in [0.1, 0.15) is 11.4 Å². The fourth-order valence-corrected chi connectivity index (χ4v) is 6.69. The number of hydrogen-bond acceptors (Lipinski definition) is 3.